The lowest BCUT2D eigenvalue weighted by atomic mass is 10.1. The van der Waals surface area contributed by atoms with Gasteiger partial charge in [-0.15, -0.1) is 0 Å². The molecule has 3 rings (SSSR count). The van der Waals surface area contributed by atoms with Crippen LogP contribution in [0.25, 0.3) is 0 Å². The van der Waals surface area contributed by atoms with Crippen molar-refractivity contribution in [3.05, 3.63) is 90.0 Å². The van der Waals surface area contributed by atoms with Gasteiger partial charge in [0.15, 0.2) is 12.4 Å². The molecule has 0 radical (unpaired) electrons. The van der Waals surface area contributed by atoms with Gasteiger partial charge in [0.1, 0.15) is 23.9 Å². The zero-order valence-electron chi connectivity index (χ0n) is 16.2. The molecule has 0 unspecified atom stereocenters. The number of ether oxygens (including phenoxy) is 3. The molecule has 3 aromatic rings. The highest BCUT2D eigenvalue weighted by molar-refractivity contribution is 5.95. The molecule has 0 N–H and O–H groups in total. The van der Waals surface area contributed by atoms with E-state index in [0.29, 0.717) is 35.8 Å². The maximum Gasteiger partial charge on any atom is 0.349 e. The highest BCUT2D eigenvalue weighted by Crippen LogP contribution is 2.19. The maximum absolute atomic E-state index is 11.9. The summed E-state index contributed by atoms with van der Waals surface area (Å²) in [6, 6.07) is 23.4. The lowest BCUT2D eigenvalue weighted by Gasteiger charge is -2.09. The van der Waals surface area contributed by atoms with E-state index in [-0.39, 0.29) is 12.4 Å². The van der Waals surface area contributed by atoms with Crippen molar-refractivity contribution in [2.24, 2.45) is 0 Å². The van der Waals surface area contributed by atoms with E-state index in [1.807, 2.05) is 30.3 Å². The highest BCUT2D eigenvalue weighted by atomic mass is 16.6. The first-order chi connectivity index (χ1) is 14.1. The minimum atomic E-state index is -0.524. The zero-order valence-corrected chi connectivity index (χ0v) is 16.2. The highest BCUT2D eigenvalue weighted by Gasteiger charge is 2.08. The largest absolute Gasteiger partial charge is 0.489 e. The van der Waals surface area contributed by atoms with Gasteiger partial charge in [0.05, 0.1) is 0 Å². The van der Waals surface area contributed by atoms with Gasteiger partial charge in [0.25, 0.3) is 0 Å². The van der Waals surface area contributed by atoms with E-state index in [0.717, 1.165) is 5.56 Å². The monoisotopic (exact) mass is 390 g/mol. The van der Waals surface area contributed by atoms with Gasteiger partial charge in [0.2, 0.25) is 0 Å². The van der Waals surface area contributed by atoms with E-state index in [1.165, 1.54) is 0 Å². The molecule has 0 saturated carbocycles. The van der Waals surface area contributed by atoms with Crippen LogP contribution in [-0.4, -0.2) is 18.4 Å². The molecule has 0 aromatic heterocycles. The predicted molar refractivity (Wildman–Crippen MR) is 109 cm³/mol. The molecule has 148 valence electrons. The SMILES string of the molecule is CCC(=O)c1ccc(OC(=O)COc2ccc(OCc3ccccc3)cc2)cc1. The third kappa shape index (κ3) is 6.21. The van der Waals surface area contributed by atoms with Crippen molar-refractivity contribution in [2.75, 3.05) is 6.61 Å². The number of Topliss-reactive ketones (excluding diaryl/α,β-unsaturated/α-hetero) is 1. The smallest absolute Gasteiger partial charge is 0.349 e. The minimum Gasteiger partial charge on any atom is -0.489 e. The van der Waals surface area contributed by atoms with Crippen LogP contribution < -0.4 is 14.2 Å². The van der Waals surface area contributed by atoms with E-state index < -0.39 is 5.97 Å². The Morgan fingerprint density at radius 1 is 0.724 bits per heavy atom. The number of ketones is 1. The van der Waals surface area contributed by atoms with Gasteiger partial charge in [-0.2, -0.15) is 0 Å². The van der Waals surface area contributed by atoms with Gasteiger partial charge >= 0.3 is 5.97 Å². The van der Waals surface area contributed by atoms with Crippen LogP contribution in [0.15, 0.2) is 78.9 Å². The second kappa shape index (κ2) is 10.1. The Hall–Kier alpha value is -3.60. The molecule has 0 aliphatic rings. The van der Waals surface area contributed by atoms with E-state index in [4.69, 9.17) is 14.2 Å². The number of carbonyl (C=O) groups is 2. The first kappa shape index (κ1) is 20.1. The fraction of sp³-hybridized carbons (Fsp3) is 0.167. The van der Waals surface area contributed by atoms with Crippen molar-refractivity contribution < 1.29 is 23.8 Å². The molecule has 0 amide bonds. The lowest BCUT2D eigenvalue weighted by Crippen LogP contribution is -2.17. The number of hydrogen-bond acceptors (Lipinski definition) is 5. The fourth-order valence-corrected chi connectivity index (χ4v) is 2.59. The van der Waals surface area contributed by atoms with Gasteiger partial charge in [-0.25, -0.2) is 4.79 Å². The van der Waals surface area contributed by atoms with E-state index in [1.54, 1.807) is 55.5 Å². The number of esters is 1. The molecule has 29 heavy (non-hydrogen) atoms. The number of rotatable bonds is 9. The van der Waals surface area contributed by atoms with Gasteiger partial charge in [-0.3, -0.25) is 4.79 Å². The standard InChI is InChI=1S/C24H22O5/c1-2-23(25)19-8-10-22(11-9-19)29-24(26)17-28-21-14-12-20(13-15-21)27-16-18-6-4-3-5-7-18/h3-15H,2,16-17H2,1H3. The van der Waals surface area contributed by atoms with Crippen LogP contribution in [-0.2, 0) is 11.4 Å². The zero-order chi connectivity index (χ0) is 20.5. The molecule has 0 atom stereocenters. The third-order valence-corrected chi connectivity index (χ3v) is 4.16. The van der Waals surface area contributed by atoms with Crippen LogP contribution in [0.4, 0.5) is 0 Å². The fourth-order valence-electron chi connectivity index (χ4n) is 2.59. The Labute approximate surface area is 169 Å². The first-order valence-corrected chi connectivity index (χ1v) is 9.37. The average Bonchev–Trinajstić information content (AvgIpc) is 2.77. The molecule has 0 aliphatic heterocycles. The van der Waals surface area contributed by atoms with Crippen LogP contribution >= 0.6 is 0 Å². The van der Waals surface area contributed by atoms with Crippen molar-refractivity contribution in [1.82, 2.24) is 0 Å². The second-order valence-corrected chi connectivity index (χ2v) is 6.31. The van der Waals surface area contributed by atoms with Crippen LogP contribution in [0.1, 0.15) is 29.3 Å². The molecule has 0 bridgehead atoms. The average molecular weight is 390 g/mol. The summed E-state index contributed by atoms with van der Waals surface area (Å²) in [6.07, 6.45) is 0.434. The molecule has 5 heteroatoms. The van der Waals surface area contributed by atoms with Crippen molar-refractivity contribution in [3.8, 4) is 17.2 Å². The molecule has 0 aliphatic carbocycles. The summed E-state index contributed by atoms with van der Waals surface area (Å²) in [5, 5.41) is 0. The summed E-state index contributed by atoms with van der Waals surface area (Å²) in [7, 11) is 0. The molecule has 3 aromatic carbocycles. The first-order valence-electron chi connectivity index (χ1n) is 9.37. The van der Waals surface area contributed by atoms with E-state index in [2.05, 4.69) is 0 Å². The number of carbonyl (C=O) groups excluding carboxylic acids is 2. The molecular weight excluding hydrogens is 368 g/mol. The Kier molecular flexibility index (Phi) is 7.00. The molecular formula is C24H22O5. The molecule has 0 heterocycles. The van der Waals surface area contributed by atoms with Crippen LogP contribution in [0, 0.1) is 0 Å². The predicted octanol–water partition coefficient (Wildman–Crippen LogP) is 4.84. The van der Waals surface area contributed by atoms with E-state index >= 15 is 0 Å². The van der Waals surface area contributed by atoms with Crippen molar-refractivity contribution in [3.63, 3.8) is 0 Å². The number of benzene rings is 3. The Morgan fingerprint density at radius 2 is 1.31 bits per heavy atom. The molecule has 0 spiro atoms. The number of hydrogen-bond donors (Lipinski definition) is 0. The third-order valence-electron chi connectivity index (χ3n) is 4.16. The van der Waals surface area contributed by atoms with Gasteiger partial charge in [0, 0.05) is 12.0 Å². The van der Waals surface area contributed by atoms with Crippen molar-refractivity contribution in [1.29, 1.82) is 0 Å². The molecule has 0 fully saturated rings. The normalized spacial score (nSPS) is 10.2. The van der Waals surface area contributed by atoms with Crippen LogP contribution in [0.2, 0.25) is 0 Å². The molecule has 5 nitrogen and oxygen atoms in total. The Morgan fingerprint density at radius 3 is 1.93 bits per heavy atom. The molecule has 0 saturated heterocycles. The summed E-state index contributed by atoms with van der Waals surface area (Å²) in [5.41, 5.74) is 1.68. The van der Waals surface area contributed by atoms with Crippen molar-refractivity contribution in [2.45, 2.75) is 20.0 Å². The van der Waals surface area contributed by atoms with E-state index in [9.17, 15) is 9.59 Å². The topological polar surface area (TPSA) is 61.8 Å². The van der Waals surface area contributed by atoms with Crippen LogP contribution in [0.5, 0.6) is 17.2 Å². The second-order valence-electron chi connectivity index (χ2n) is 6.31. The Balaban J connectivity index is 1.44. The van der Waals surface area contributed by atoms with Gasteiger partial charge < -0.3 is 14.2 Å². The summed E-state index contributed by atoms with van der Waals surface area (Å²) in [6.45, 7) is 2.06. The van der Waals surface area contributed by atoms with Crippen LogP contribution in [0.3, 0.4) is 0 Å². The quantitative estimate of drug-likeness (QED) is 0.297. The summed E-state index contributed by atoms with van der Waals surface area (Å²) in [5.74, 6) is 1.14. The minimum absolute atomic E-state index is 0.0439. The van der Waals surface area contributed by atoms with Gasteiger partial charge in [-0.05, 0) is 54.1 Å². The lowest BCUT2D eigenvalue weighted by molar-refractivity contribution is -0.136. The summed E-state index contributed by atoms with van der Waals surface area (Å²) < 4.78 is 16.4. The summed E-state index contributed by atoms with van der Waals surface area (Å²) >= 11 is 0. The van der Waals surface area contributed by atoms with Gasteiger partial charge in [-0.1, -0.05) is 37.3 Å². The summed E-state index contributed by atoms with van der Waals surface area (Å²) in [4.78, 5) is 23.6. The van der Waals surface area contributed by atoms with Crippen molar-refractivity contribution >= 4 is 11.8 Å². The maximum atomic E-state index is 11.9. The Bertz CT molecular complexity index is 931.